The molecule has 1 heterocycles. The Morgan fingerprint density at radius 1 is 0.895 bits per heavy atom. The van der Waals surface area contributed by atoms with Gasteiger partial charge in [0.2, 0.25) is 5.91 Å². The van der Waals surface area contributed by atoms with Crippen LogP contribution in [0.3, 0.4) is 0 Å². The highest BCUT2D eigenvalue weighted by Gasteiger charge is 2.62. The maximum absolute atomic E-state index is 14.1. The fraction of sp³-hybridized carbons (Fsp3) is 0.576. The van der Waals surface area contributed by atoms with Gasteiger partial charge in [-0.05, 0) is 110 Å². The normalized spacial score (nSPS) is 36.2. The van der Waals surface area contributed by atoms with Crippen molar-refractivity contribution in [2.75, 3.05) is 19.1 Å². The number of methoxy groups -OCH3 is 1. The first-order valence-corrected chi connectivity index (χ1v) is 14.6. The molecular formula is C33H42N2O3. The summed E-state index contributed by atoms with van der Waals surface area (Å²) >= 11 is 0. The topological polar surface area (TPSA) is 49.9 Å². The van der Waals surface area contributed by atoms with Gasteiger partial charge in [-0.25, -0.2) is 0 Å². The minimum Gasteiger partial charge on any atom is -0.497 e. The minimum atomic E-state index is 0.0745. The SMILES string of the molecule is COc1ccc(N(C(=O)c2ccccc2)[C@H]2CCC3C4CC[C@H]5N(C)C(=O)CC[C@]5(C)C4CC[C@@]32C)cc1. The van der Waals surface area contributed by atoms with Gasteiger partial charge in [0, 0.05) is 36.8 Å². The van der Waals surface area contributed by atoms with Gasteiger partial charge in [-0.3, -0.25) is 9.59 Å². The molecule has 0 radical (unpaired) electrons. The third-order valence-electron chi connectivity index (χ3n) is 11.4. The van der Waals surface area contributed by atoms with E-state index in [0.717, 1.165) is 42.7 Å². The lowest BCUT2D eigenvalue weighted by Gasteiger charge is -2.62. The van der Waals surface area contributed by atoms with Crippen molar-refractivity contribution in [3.8, 4) is 5.75 Å². The lowest BCUT2D eigenvalue weighted by Crippen LogP contribution is -2.62. The first-order chi connectivity index (χ1) is 18.3. The van der Waals surface area contributed by atoms with Gasteiger partial charge >= 0.3 is 0 Å². The number of amides is 2. The van der Waals surface area contributed by atoms with E-state index in [9.17, 15) is 9.59 Å². The number of anilines is 1. The second-order valence-electron chi connectivity index (χ2n) is 12.9. The molecule has 3 aliphatic carbocycles. The maximum Gasteiger partial charge on any atom is 0.258 e. The van der Waals surface area contributed by atoms with Crippen LogP contribution in [0.4, 0.5) is 5.69 Å². The molecule has 38 heavy (non-hydrogen) atoms. The Hall–Kier alpha value is -2.82. The number of nitrogens with zero attached hydrogens (tertiary/aromatic N) is 2. The molecule has 0 spiro atoms. The predicted molar refractivity (Wildman–Crippen MR) is 150 cm³/mol. The molecule has 5 heteroatoms. The van der Waals surface area contributed by atoms with Crippen molar-refractivity contribution in [3.63, 3.8) is 0 Å². The molecule has 2 aromatic carbocycles. The van der Waals surface area contributed by atoms with Gasteiger partial charge in [0.25, 0.3) is 5.91 Å². The number of benzene rings is 2. The summed E-state index contributed by atoms with van der Waals surface area (Å²) in [6.45, 7) is 4.96. The van der Waals surface area contributed by atoms with E-state index < -0.39 is 0 Å². The Labute approximate surface area is 227 Å². The Bertz CT molecular complexity index is 1200. The molecule has 3 saturated carbocycles. The zero-order chi connectivity index (χ0) is 26.7. The van der Waals surface area contributed by atoms with Crippen molar-refractivity contribution in [1.82, 2.24) is 4.90 Å². The monoisotopic (exact) mass is 514 g/mol. The van der Waals surface area contributed by atoms with Crippen LogP contribution in [0.1, 0.15) is 75.6 Å². The molecular weight excluding hydrogens is 472 g/mol. The highest BCUT2D eigenvalue weighted by molar-refractivity contribution is 6.06. The zero-order valence-electron chi connectivity index (χ0n) is 23.4. The number of rotatable bonds is 4. The van der Waals surface area contributed by atoms with Gasteiger partial charge in [0.05, 0.1) is 7.11 Å². The molecule has 4 fully saturated rings. The summed E-state index contributed by atoms with van der Waals surface area (Å²) in [7, 11) is 3.71. The average Bonchev–Trinajstić information content (AvgIpc) is 3.29. The number of likely N-dealkylation sites (tertiary alicyclic amines) is 1. The lowest BCUT2D eigenvalue weighted by molar-refractivity contribution is -0.157. The van der Waals surface area contributed by atoms with Gasteiger partial charge < -0.3 is 14.5 Å². The maximum atomic E-state index is 14.1. The fourth-order valence-corrected chi connectivity index (χ4v) is 9.45. The van der Waals surface area contributed by atoms with E-state index in [0.29, 0.717) is 36.1 Å². The third-order valence-corrected chi connectivity index (χ3v) is 11.4. The molecule has 1 aliphatic heterocycles. The average molecular weight is 515 g/mol. The van der Waals surface area contributed by atoms with Crippen LogP contribution in [-0.4, -0.2) is 43.0 Å². The van der Waals surface area contributed by atoms with E-state index >= 15 is 0 Å². The second kappa shape index (κ2) is 9.43. The van der Waals surface area contributed by atoms with E-state index in [1.165, 1.54) is 19.3 Å². The molecule has 0 N–H and O–H groups in total. The van der Waals surface area contributed by atoms with Crippen LogP contribution in [0.5, 0.6) is 5.75 Å². The largest absolute Gasteiger partial charge is 0.497 e. The smallest absolute Gasteiger partial charge is 0.258 e. The van der Waals surface area contributed by atoms with Crippen molar-refractivity contribution < 1.29 is 14.3 Å². The molecule has 5 nitrogen and oxygen atoms in total. The summed E-state index contributed by atoms with van der Waals surface area (Å²) in [4.78, 5) is 30.9. The van der Waals surface area contributed by atoms with Gasteiger partial charge in [0.1, 0.15) is 5.75 Å². The first-order valence-electron chi connectivity index (χ1n) is 14.6. The van der Waals surface area contributed by atoms with E-state index in [4.69, 9.17) is 4.74 Å². The van der Waals surface area contributed by atoms with Gasteiger partial charge in [-0.2, -0.15) is 0 Å². The molecule has 3 unspecified atom stereocenters. The summed E-state index contributed by atoms with van der Waals surface area (Å²) in [6.07, 6.45) is 8.57. The van der Waals surface area contributed by atoms with Crippen LogP contribution >= 0.6 is 0 Å². The number of carbonyl (C=O) groups excluding carboxylic acids is 2. The highest BCUT2D eigenvalue weighted by Crippen LogP contribution is 2.65. The van der Waals surface area contributed by atoms with Crippen molar-refractivity contribution >= 4 is 17.5 Å². The Kier molecular flexibility index (Phi) is 6.32. The van der Waals surface area contributed by atoms with Gasteiger partial charge in [0.15, 0.2) is 0 Å². The van der Waals surface area contributed by atoms with Gasteiger partial charge in [-0.1, -0.05) is 32.0 Å². The summed E-state index contributed by atoms with van der Waals surface area (Å²) in [5.41, 5.74) is 1.98. The van der Waals surface area contributed by atoms with Crippen LogP contribution in [0.15, 0.2) is 54.6 Å². The number of hydrogen-bond donors (Lipinski definition) is 0. The minimum absolute atomic E-state index is 0.0745. The number of carbonyl (C=O) groups is 2. The number of piperidine rings is 1. The molecule has 0 aromatic heterocycles. The standard InChI is InChI=1S/C33H42N2O3/c1-32-21-19-30(36)34(3)28(32)16-14-25-26-15-17-29(33(26,2)20-18-27(25)32)35(23-10-12-24(38-4)13-11-23)31(37)22-8-6-5-7-9-22/h5-13,25-29H,14-21H2,1-4H3/t25?,26?,27?,28-,29+,32-,33+/m1/s1. The molecule has 1 saturated heterocycles. The molecule has 0 bridgehead atoms. The predicted octanol–water partition coefficient (Wildman–Crippen LogP) is 6.57. The van der Waals surface area contributed by atoms with E-state index in [1.807, 2.05) is 61.6 Å². The molecule has 4 aliphatic rings. The van der Waals surface area contributed by atoms with Crippen molar-refractivity contribution in [1.29, 1.82) is 0 Å². The molecule has 2 aromatic rings. The Morgan fingerprint density at radius 2 is 1.61 bits per heavy atom. The zero-order valence-corrected chi connectivity index (χ0v) is 23.4. The van der Waals surface area contributed by atoms with E-state index in [1.54, 1.807) is 7.11 Å². The van der Waals surface area contributed by atoms with Crippen molar-refractivity contribution in [3.05, 3.63) is 60.2 Å². The van der Waals surface area contributed by atoms with E-state index in [-0.39, 0.29) is 22.8 Å². The fourth-order valence-electron chi connectivity index (χ4n) is 9.45. The third kappa shape index (κ3) is 3.79. The summed E-state index contributed by atoms with van der Waals surface area (Å²) in [5.74, 6) is 3.16. The molecule has 202 valence electrons. The van der Waals surface area contributed by atoms with Crippen LogP contribution in [0.2, 0.25) is 0 Å². The summed E-state index contributed by atoms with van der Waals surface area (Å²) in [5, 5.41) is 0. The molecule has 7 atom stereocenters. The van der Waals surface area contributed by atoms with Crippen molar-refractivity contribution in [2.24, 2.45) is 28.6 Å². The summed E-state index contributed by atoms with van der Waals surface area (Å²) < 4.78 is 5.42. The number of ether oxygens (including phenoxy) is 1. The quantitative estimate of drug-likeness (QED) is 0.463. The van der Waals surface area contributed by atoms with Crippen LogP contribution in [-0.2, 0) is 4.79 Å². The second-order valence-corrected chi connectivity index (χ2v) is 12.9. The van der Waals surface area contributed by atoms with E-state index in [2.05, 4.69) is 23.6 Å². The van der Waals surface area contributed by atoms with Crippen LogP contribution < -0.4 is 9.64 Å². The van der Waals surface area contributed by atoms with Gasteiger partial charge in [-0.15, -0.1) is 0 Å². The Balaban J connectivity index is 1.34. The van der Waals surface area contributed by atoms with Crippen molar-refractivity contribution in [2.45, 2.75) is 77.3 Å². The lowest BCUT2D eigenvalue weighted by atomic mass is 9.47. The molecule has 6 rings (SSSR count). The number of hydrogen-bond acceptors (Lipinski definition) is 3. The van der Waals surface area contributed by atoms with Crippen LogP contribution in [0, 0.1) is 28.6 Å². The highest BCUT2D eigenvalue weighted by atomic mass is 16.5. The number of fused-ring (bicyclic) bond motifs is 5. The molecule has 2 amide bonds. The Morgan fingerprint density at radius 3 is 2.32 bits per heavy atom. The van der Waals surface area contributed by atoms with Crippen LogP contribution in [0.25, 0.3) is 0 Å². The first kappa shape index (κ1) is 25.5. The summed E-state index contributed by atoms with van der Waals surface area (Å²) in [6, 6.07) is 18.3.